The summed E-state index contributed by atoms with van der Waals surface area (Å²) in [5, 5.41) is 4.33. The van der Waals surface area contributed by atoms with E-state index in [0.29, 0.717) is 34.7 Å². The van der Waals surface area contributed by atoms with Crippen LogP contribution in [0, 0.1) is 0 Å². The maximum Gasteiger partial charge on any atom is 0.427 e. The van der Waals surface area contributed by atoms with Crippen molar-refractivity contribution in [3.63, 3.8) is 0 Å². The van der Waals surface area contributed by atoms with E-state index in [1.807, 2.05) is 18.7 Å². The Morgan fingerprint density at radius 2 is 2.18 bits per heavy atom. The summed E-state index contributed by atoms with van der Waals surface area (Å²) in [6, 6.07) is -0.177. The molecular weight excluding hydrogens is 317 g/mol. The summed E-state index contributed by atoms with van der Waals surface area (Å²) in [6.45, 7) is 4.53. The predicted molar refractivity (Wildman–Crippen MR) is 74.8 cm³/mol. The number of nitrogens with zero attached hydrogens (tertiary/aromatic N) is 4. The zero-order valence-corrected chi connectivity index (χ0v) is 12.9. The Bertz CT molecular complexity index is 652. The lowest BCUT2D eigenvalue weighted by atomic mass is 10.2. The molecule has 1 saturated heterocycles. The monoisotopic (exact) mass is 332 g/mol. The Morgan fingerprint density at radius 1 is 1.41 bits per heavy atom. The van der Waals surface area contributed by atoms with Crippen LogP contribution in [0.1, 0.15) is 55.2 Å². The lowest BCUT2D eigenvalue weighted by Crippen LogP contribution is -2.23. The number of anilines is 1. The van der Waals surface area contributed by atoms with Gasteiger partial charge in [0.25, 0.3) is 0 Å². The SMILES string of the molecule is CC(C)c1nc(C2CCCN2c2ncc(C(F)(F)F)s2)no1. The zero-order chi connectivity index (χ0) is 15.9. The molecule has 3 heterocycles. The summed E-state index contributed by atoms with van der Waals surface area (Å²) in [7, 11) is 0. The molecule has 0 radical (unpaired) electrons. The van der Waals surface area contributed by atoms with Gasteiger partial charge in [0.15, 0.2) is 11.0 Å². The van der Waals surface area contributed by atoms with Crippen LogP contribution in [0.25, 0.3) is 0 Å². The predicted octanol–water partition coefficient (Wildman–Crippen LogP) is 4.01. The van der Waals surface area contributed by atoms with Gasteiger partial charge in [-0.2, -0.15) is 18.2 Å². The summed E-state index contributed by atoms with van der Waals surface area (Å²) in [5.41, 5.74) is 0. The van der Waals surface area contributed by atoms with Crippen molar-refractivity contribution in [3.8, 4) is 0 Å². The van der Waals surface area contributed by atoms with Crippen LogP contribution in [-0.4, -0.2) is 21.7 Å². The fourth-order valence-corrected chi connectivity index (χ4v) is 3.27. The van der Waals surface area contributed by atoms with Gasteiger partial charge in [-0.1, -0.05) is 30.3 Å². The summed E-state index contributed by atoms with van der Waals surface area (Å²) in [5.74, 6) is 1.18. The molecule has 0 spiro atoms. The van der Waals surface area contributed by atoms with Crippen LogP contribution >= 0.6 is 11.3 Å². The largest absolute Gasteiger partial charge is 0.427 e. The maximum absolute atomic E-state index is 12.7. The number of thiazole rings is 1. The second kappa shape index (κ2) is 5.53. The first kappa shape index (κ1) is 15.3. The molecule has 1 unspecified atom stereocenters. The smallest absolute Gasteiger partial charge is 0.339 e. The normalized spacial score (nSPS) is 19.4. The molecule has 1 atom stereocenters. The van der Waals surface area contributed by atoms with E-state index in [-0.39, 0.29) is 12.0 Å². The van der Waals surface area contributed by atoms with Crippen molar-refractivity contribution >= 4 is 16.5 Å². The molecule has 0 saturated carbocycles. The molecule has 2 aromatic rings. The molecule has 0 bridgehead atoms. The van der Waals surface area contributed by atoms with E-state index in [0.717, 1.165) is 19.0 Å². The van der Waals surface area contributed by atoms with Gasteiger partial charge in [-0.3, -0.25) is 0 Å². The number of hydrogen-bond acceptors (Lipinski definition) is 6. The Hall–Kier alpha value is -1.64. The van der Waals surface area contributed by atoms with Crippen LogP contribution in [-0.2, 0) is 6.18 Å². The van der Waals surface area contributed by atoms with E-state index in [4.69, 9.17) is 4.52 Å². The third kappa shape index (κ3) is 2.81. The summed E-state index contributed by atoms with van der Waals surface area (Å²) >= 11 is 0.652. The van der Waals surface area contributed by atoms with Crippen LogP contribution in [0.4, 0.5) is 18.3 Å². The molecule has 3 rings (SSSR count). The molecule has 9 heteroatoms. The highest BCUT2D eigenvalue weighted by Gasteiger charge is 2.37. The number of alkyl halides is 3. The molecule has 22 heavy (non-hydrogen) atoms. The van der Waals surface area contributed by atoms with E-state index in [9.17, 15) is 13.2 Å². The second-order valence-corrected chi connectivity index (χ2v) is 6.51. The van der Waals surface area contributed by atoms with Crippen molar-refractivity contribution in [2.75, 3.05) is 11.4 Å². The van der Waals surface area contributed by atoms with E-state index in [2.05, 4.69) is 15.1 Å². The lowest BCUT2D eigenvalue weighted by Gasteiger charge is -2.20. The van der Waals surface area contributed by atoms with Gasteiger partial charge in [-0.25, -0.2) is 4.98 Å². The second-order valence-electron chi connectivity index (χ2n) is 5.50. The minimum Gasteiger partial charge on any atom is -0.339 e. The Labute approximate surface area is 129 Å². The number of aromatic nitrogens is 3. The first-order valence-electron chi connectivity index (χ1n) is 6.99. The van der Waals surface area contributed by atoms with Gasteiger partial charge in [-0.15, -0.1) is 0 Å². The fourth-order valence-electron chi connectivity index (χ4n) is 2.41. The molecule has 120 valence electrons. The van der Waals surface area contributed by atoms with Gasteiger partial charge in [-0.05, 0) is 12.8 Å². The van der Waals surface area contributed by atoms with Crippen LogP contribution in [0.2, 0.25) is 0 Å². The van der Waals surface area contributed by atoms with E-state index in [1.54, 1.807) is 0 Å². The molecule has 1 aliphatic heterocycles. The summed E-state index contributed by atoms with van der Waals surface area (Å²) in [4.78, 5) is 9.42. The topological polar surface area (TPSA) is 55.1 Å². The van der Waals surface area contributed by atoms with Crippen LogP contribution < -0.4 is 4.90 Å². The summed E-state index contributed by atoms with van der Waals surface area (Å²) < 4.78 is 43.3. The van der Waals surface area contributed by atoms with E-state index in [1.165, 1.54) is 0 Å². The molecule has 2 aromatic heterocycles. The molecule has 0 aliphatic carbocycles. The molecule has 0 N–H and O–H groups in total. The van der Waals surface area contributed by atoms with Crippen LogP contribution in [0.5, 0.6) is 0 Å². The van der Waals surface area contributed by atoms with Crippen molar-refractivity contribution in [2.24, 2.45) is 0 Å². The minimum atomic E-state index is -4.36. The van der Waals surface area contributed by atoms with Crippen molar-refractivity contribution in [3.05, 3.63) is 22.8 Å². The van der Waals surface area contributed by atoms with E-state index < -0.39 is 11.1 Å². The average molecular weight is 332 g/mol. The highest BCUT2D eigenvalue weighted by Crippen LogP contribution is 2.41. The number of hydrogen-bond donors (Lipinski definition) is 0. The maximum atomic E-state index is 12.7. The highest BCUT2D eigenvalue weighted by atomic mass is 32.1. The molecule has 1 aliphatic rings. The van der Waals surface area contributed by atoms with Crippen molar-refractivity contribution in [2.45, 2.75) is 44.8 Å². The van der Waals surface area contributed by atoms with Crippen molar-refractivity contribution in [1.82, 2.24) is 15.1 Å². The van der Waals surface area contributed by atoms with E-state index >= 15 is 0 Å². The third-order valence-corrected chi connectivity index (χ3v) is 4.60. The van der Waals surface area contributed by atoms with Crippen molar-refractivity contribution in [1.29, 1.82) is 0 Å². The lowest BCUT2D eigenvalue weighted by molar-refractivity contribution is -0.134. The van der Waals surface area contributed by atoms with Crippen LogP contribution in [0.3, 0.4) is 0 Å². The molecular formula is C13H15F3N4OS. The first-order valence-corrected chi connectivity index (χ1v) is 7.81. The Balaban J connectivity index is 1.85. The van der Waals surface area contributed by atoms with Crippen LogP contribution in [0.15, 0.2) is 10.7 Å². The van der Waals surface area contributed by atoms with Gasteiger partial charge in [0.05, 0.1) is 12.2 Å². The molecule has 0 aromatic carbocycles. The van der Waals surface area contributed by atoms with Gasteiger partial charge in [0.1, 0.15) is 4.88 Å². The quantitative estimate of drug-likeness (QED) is 0.850. The minimum absolute atomic E-state index is 0.118. The molecule has 1 fully saturated rings. The molecule has 5 nitrogen and oxygen atoms in total. The van der Waals surface area contributed by atoms with Gasteiger partial charge >= 0.3 is 6.18 Å². The third-order valence-electron chi connectivity index (χ3n) is 3.52. The Morgan fingerprint density at radius 3 is 2.77 bits per heavy atom. The number of rotatable bonds is 3. The van der Waals surface area contributed by atoms with Gasteiger partial charge in [0, 0.05) is 12.5 Å². The highest BCUT2D eigenvalue weighted by molar-refractivity contribution is 7.15. The number of halogens is 3. The fraction of sp³-hybridized carbons (Fsp3) is 0.615. The standard InChI is InChI=1S/C13H15F3N4OS/c1-7(2)11-18-10(19-21-11)8-4-3-5-20(8)12-17-6-9(22-12)13(14,15)16/h6-8H,3-5H2,1-2H3. The van der Waals surface area contributed by atoms with Gasteiger partial charge < -0.3 is 9.42 Å². The average Bonchev–Trinajstić information content (AvgIpc) is 3.17. The van der Waals surface area contributed by atoms with Crippen molar-refractivity contribution < 1.29 is 17.7 Å². The first-order chi connectivity index (χ1) is 10.4. The van der Waals surface area contributed by atoms with Gasteiger partial charge in [0.2, 0.25) is 5.89 Å². The molecule has 0 amide bonds. The summed E-state index contributed by atoms with van der Waals surface area (Å²) in [6.07, 6.45) is -1.84. The zero-order valence-electron chi connectivity index (χ0n) is 12.1. The Kier molecular flexibility index (Phi) is 3.84.